The number of carbonyl (C=O) groups is 1. The van der Waals surface area contributed by atoms with Gasteiger partial charge in [0.25, 0.3) is 0 Å². The van der Waals surface area contributed by atoms with Gasteiger partial charge in [-0.1, -0.05) is 15.9 Å². The molecule has 0 aliphatic carbocycles. The fourth-order valence-electron chi connectivity index (χ4n) is 1.54. The van der Waals surface area contributed by atoms with E-state index in [0.29, 0.717) is 22.6 Å². The van der Waals surface area contributed by atoms with E-state index in [1.807, 2.05) is 0 Å². The first-order chi connectivity index (χ1) is 8.60. The van der Waals surface area contributed by atoms with E-state index in [9.17, 15) is 9.18 Å². The molecule has 2 nitrogen and oxygen atoms in total. The standard InChI is InChI=1S/C14H10BrFO2/c1-9-6-12(16)4-5-13(9)18-14-7-11(15)3-2-10(14)8-17/h2-8H,1H3. The minimum Gasteiger partial charge on any atom is -0.456 e. The third-order valence-corrected chi connectivity index (χ3v) is 2.95. The number of aldehydes is 1. The van der Waals surface area contributed by atoms with Crippen molar-refractivity contribution in [3.05, 3.63) is 57.8 Å². The van der Waals surface area contributed by atoms with Gasteiger partial charge in [0, 0.05) is 4.47 Å². The molecule has 0 amide bonds. The zero-order valence-electron chi connectivity index (χ0n) is 9.61. The first-order valence-corrected chi connectivity index (χ1v) is 6.08. The maximum Gasteiger partial charge on any atom is 0.153 e. The number of hydrogen-bond donors (Lipinski definition) is 0. The second-order valence-corrected chi connectivity index (χ2v) is 4.73. The first-order valence-electron chi connectivity index (χ1n) is 5.29. The van der Waals surface area contributed by atoms with Crippen LogP contribution in [0, 0.1) is 12.7 Å². The molecular formula is C14H10BrFO2. The van der Waals surface area contributed by atoms with Gasteiger partial charge < -0.3 is 4.74 Å². The van der Waals surface area contributed by atoms with Crippen LogP contribution in [0.3, 0.4) is 0 Å². The molecule has 0 atom stereocenters. The molecule has 0 heterocycles. The van der Waals surface area contributed by atoms with Gasteiger partial charge in [-0.25, -0.2) is 4.39 Å². The molecule has 0 saturated heterocycles. The van der Waals surface area contributed by atoms with Crippen LogP contribution in [0.5, 0.6) is 11.5 Å². The van der Waals surface area contributed by atoms with Crippen molar-refractivity contribution in [3.63, 3.8) is 0 Å². The SMILES string of the molecule is Cc1cc(F)ccc1Oc1cc(Br)ccc1C=O. The summed E-state index contributed by atoms with van der Waals surface area (Å²) >= 11 is 3.31. The van der Waals surface area contributed by atoms with Crippen LogP contribution >= 0.6 is 15.9 Å². The Morgan fingerprint density at radius 1 is 1.17 bits per heavy atom. The largest absolute Gasteiger partial charge is 0.456 e. The number of hydrogen-bond acceptors (Lipinski definition) is 2. The van der Waals surface area contributed by atoms with Crippen molar-refractivity contribution in [1.29, 1.82) is 0 Å². The van der Waals surface area contributed by atoms with Gasteiger partial charge in [0.05, 0.1) is 5.56 Å². The molecule has 0 N–H and O–H groups in total. The molecule has 2 aromatic rings. The molecular weight excluding hydrogens is 299 g/mol. The number of carbonyl (C=O) groups excluding carboxylic acids is 1. The Labute approximate surface area is 113 Å². The Hall–Kier alpha value is -1.68. The lowest BCUT2D eigenvalue weighted by atomic mass is 10.2. The van der Waals surface area contributed by atoms with E-state index >= 15 is 0 Å². The highest BCUT2D eigenvalue weighted by atomic mass is 79.9. The highest BCUT2D eigenvalue weighted by Gasteiger charge is 2.07. The molecule has 0 unspecified atom stereocenters. The Morgan fingerprint density at radius 3 is 2.61 bits per heavy atom. The lowest BCUT2D eigenvalue weighted by Crippen LogP contribution is -1.93. The molecule has 0 fully saturated rings. The van der Waals surface area contributed by atoms with Gasteiger partial charge in [0.1, 0.15) is 17.3 Å². The van der Waals surface area contributed by atoms with Crippen LogP contribution in [0.15, 0.2) is 40.9 Å². The molecule has 0 aliphatic heterocycles. The van der Waals surface area contributed by atoms with E-state index in [0.717, 1.165) is 10.8 Å². The second kappa shape index (κ2) is 5.31. The monoisotopic (exact) mass is 308 g/mol. The van der Waals surface area contributed by atoms with Crippen LogP contribution in [0.2, 0.25) is 0 Å². The number of benzene rings is 2. The summed E-state index contributed by atoms with van der Waals surface area (Å²) in [6.07, 6.45) is 0.723. The summed E-state index contributed by atoms with van der Waals surface area (Å²) in [7, 11) is 0. The molecule has 4 heteroatoms. The highest BCUT2D eigenvalue weighted by Crippen LogP contribution is 2.29. The van der Waals surface area contributed by atoms with Gasteiger partial charge >= 0.3 is 0 Å². The summed E-state index contributed by atoms with van der Waals surface area (Å²) < 4.78 is 19.4. The maximum absolute atomic E-state index is 13.0. The molecule has 0 aromatic heterocycles. The van der Waals surface area contributed by atoms with E-state index in [1.54, 1.807) is 31.2 Å². The van der Waals surface area contributed by atoms with Gasteiger partial charge in [0.2, 0.25) is 0 Å². The van der Waals surface area contributed by atoms with Crippen LogP contribution in [0.25, 0.3) is 0 Å². The van der Waals surface area contributed by atoms with E-state index in [-0.39, 0.29) is 5.82 Å². The molecule has 2 rings (SSSR count). The van der Waals surface area contributed by atoms with E-state index in [2.05, 4.69) is 15.9 Å². The van der Waals surface area contributed by atoms with Crippen molar-refractivity contribution < 1.29 is 13.9 Å². The van der Waals surface area contributed by atoms with Crippen LogP contribution in [0.4, 0.5) is 4.39 Å². The lowest BCUT2D eigenvalue weighted by molar-refractivity contribution is 0.112. The summed E-state index contributed by atoms with van der Waals surface area (Å²) in [5.74, 6) is 0.649. The van der Waals surface area contributed by atoms with E-state index < -0.39 is 0 Å². The summed E-state index contributed by atoms with van der Waals surface area (Å²) in [5.41, 5.74) is 1.12. The first kappa shape index (κ1) is 12.8. The molecule has 0 spiro atoms. The van der Waals surface area contributed by atoms with Crippen molar-refractivity contribution in [2.24, 2.45) is 0 Å². The topological polar surface area (TPSA) is 26.3 Å². The predicted octanol–water partition coefficient (Wildman–Crippen LogP) is 4.50. The van der Waals surface area contributed by atoms with Crippen molar-refractivity contribution >= 4 is 22.2 Å². The smallest absolute Gasteiger partial charge is 0.153 e. The zero-order valence-corrected chi connectivity index (χ0v) is 11.2. The quantitative estimate of drug-likeness (QED) is 0.780. The molecule has 92 valence electrons. The van der Waals surface area contributed by atoms with Gasteiger partial charge in [0.15, 0.2) is 6.29 Å². The molecule has 2 aromatic carbocycles. The van der Waals surface area contributed by atoms with Crippen molar-refractivity contribution in [1.82, 2.24) is 0 Å². The second-order valence-electron chi connectivity index (χ2n) is 3.81. The van der Waals surface area contributed by atoms with Gasteiger partial charge in [-0.15, -0.1) is 0 Å². The zero-order chi connectivity index (χ0) is 13.1. The van der Waals surface area contributed by atoms with Gasteiger partial charge in [-0.2, -0.15) is 0 Å². The number of halogens is 2. The summed E-state index contributed by atoms with van der Waals surface area (Å²) in [4.78, 5) is 10.9. The summed E-state index contributed by atoms with van der Waals surface area (Å²) in [5, 5.41) is 0. The van der Waals surface area contributed by atoms with Crippen LogP contribution in [0.1, 0.15) is 15.9 Å². The van der Waals surface area contributed by atoms with Gasteiger partial charge in [-0.3, -0.25) is 4.79 Å². The Kier molecular flexibility index (Phi) is 3.77. The highest BCUT2D eigenvalue weighted by molar-refractivity contribution is 9.10. The minimum atomic E-state index is -0.315. The summed E-state index contributed by atoms with van der Waals surface area (Å²) in [6, 6.07) is 9.36. The normalized spacial score (nSPS) is 10.2. The molecule has 0 aliphatic rings. The van der Waals surface area contributed by atoms with E-state index in [4.69, 9.17) is 4.74 Å². The van der Waals surface area contributed by atoms with Gasteiger partial charge in [-0.05, 0) is 48.9 Å². The molecule has 0 bridgehead atoms. The predicted molar refractivity (Wildman–Crippen MR) is 70.7 cm³/mol. The lowest BCUT2D eigenvalue weighted by Gasteiger charge is -2.10. The average Bonchev–Trinajstić information content (AvgIpc) is 2.33. The average molecular weight is 309 g/mol. The summed E-state index contributed by atoms with van der Waals surface area (Å²) in [6.45, 7) is 1.75. The fraction of sp³-hybridized carbons (Fsp3) is 0.0714. The Morgan fingerprint density at radius 2 is 1.94 bits per heavy atom. The number of ether oxygens (including phenoxy) is 1. The Balaban J connectivity index is 2.39. The van der Waals surface area contributed by atoms with Crippen LogP contribution in [-0.2, 0) is 0 Å². The van der Waals surface area contributed by atoms with Crippen molar-refractivity contribution in [2.75, 3.05) is 0 Å². The van der Waals surface area contributed by atoms with Crippen molar-refractivity contribution in [2.45, 2.75) is 6.92 Å². The van der Waals surface area contributed by atoms with E-state index in [1.165, 1.54) is 12.1 Å². The maximum atomic E-state index is 13.0. The van der Waals surface area contributed by atoms with Crippen LogP contribution < -0.4 is 4.74 Å². The fourth-order valence-corrected chi connectivity index (χ4v) is 1.88. The molecule has 18 heavy (non-hydrogen) atoms. The molecule has 0 saturated carbocycles. The third-order valence-electron chi connectivity index (χ3n) is 2.46. The molecule has 0 radical (unpaired) electrons. The Bertz CT molecular complexity index is 596. The van der Waals surface area contributed by atoms with Crippen molar-refractivity contribution in [3.8, 4) is 11.5 Å². The van der Waals surface area contributed by atoms with Crippen LogP contribution in [-0.4, -0.2) is 6.29 Å². The number of aryl methyl sites for hydroxylation is 1. The minimum absolute atomic E-state index is 0.315. The third kappa shape index (κ3) is 2.76. The number of rotatable bonds is 3.